The number of carbonyl (C=O) groups is 18. The number of aliphatic hydroxyl groups excluding tert-OH is 1. The van der Waals surface area contributed by atoms with Gasteiger partial charge in [-0.05, 0) is 73.6 Å². The third-order valence-corrected chi connectivity index (χ3v) is 19.5. The van der Waals surface area contributed by atoms with Crippen molar-refractivity contribution in [1.29, 1.82) is 0 Å². The fourth-order valence-corrected chi connectivity index (χ4v) is 12.7. The minimum atomic E-state index is -1.95. The molecule has 0 spiro atoms. The number of nitrogens with one attached hydrogen (secondary N) is 13. The minimum absolute atomic E-state index is 0.00346. The van der Waals surface area contributed by atoms with Crippen molar-refractivity contribution in [3.63, 3.8) is 0 Å². The van der Waals surface area contributed by atoms with Crippen LogP contribution in [-0.4, -0.2) is 279 Å². The Labute approximate surface area is 669 Å². The van der Waals surface area contributed by atoms with E-state index < -0.39 is 248 Å². The number of benzene rings is 2. The molecular weight excluding hydrogens is 1580 g/mol. The number of aromatic amines is 1. The van der Waals surface area contributed by atoms with Gasteiger partial charge < -0.3 is 88.8 Å². The number of nitrogens with zero attached hydrogens (tertiary/aromatic N) is 3. The number of aliphatic hydroxyl groups is 1. The summed E-state index contributed by atoms with van der Waals surface area (Å²) in [5, 5.41) is 78.0. The second kappa shape index (κ2) is 45.3. The number of primary amides is 1. The normalized spacial score (nSPS) is 17.0. The average molecular weight is 1680 g/mol. The number of phenolic OH excluding ortho intramolecular Hbond substituents is 1. The zero-order valence-electron chi connectivity index (χ0n) is 64.5. The van der Waals surface area contributed by atoms with Crippen LogP contribution in [0, 0.1) is 17.8 Å². The zero-order valence-corrected chi connectivity index (χ0v) is 66.2. The molecule has 2 saturated heterocycles. The third kappa shape index (κ3) is 29.4. The molecule has 629 valence electrons. The van der Waals surface area contributed by atoms with Crippen LogP contribution in [0.4, 0.5) is 0 Å². The molecule has 2 aliphatic rings. The summed E-state index contributed by atoms with van der Waals surface area (Å²) in [7, 11) is 0. The quantitative estimate of drug-likeness (QED) is 0.0234. The summed E-state index contributed by atoms with van der Waals surface area (Å²) in [4.78, 5) is 253. The number of nitrogens with two attached hydrogens (primary N) is 2. The number of H-pyrrole nitrogens is 1. The van der Waals surface area contributed by atoms with E-state index in [2.05, 4.69) is 89.8 Å². The molecule has 2 aliphatic heterocycles. The molecule has 5 rings (SSSR count). The maximum Gasteiger partial charge on any atom is 0.326 e. The molecule has 41 nitrogen and oxygen atoms in total. The van der Waals surface area contributed by atoms with E-state index in [4.69, 9.17) is 11.5 Å². The van der Waals surface area contributed by atoms with Gasteiger partial charge in [0, 0.05) is 38.5 Å². The number of aromatic hydroxyl groups is 1. The monoisotopic (exact) mass is 1680 g/mol. The molecule has 1 radical (unpaired) electrons. The molecule has 2 fully saturated rings. The van der Waals surface area contributed by atoms with Gasteiger partial charge in [-0.25, -0.2) is 9.78 Å². The van der Waals surface area contributed by atoms with E-state index >= 15 is 0 Å². The van der Waals surface area contributed by atoms with Crippen LogP contribution in [0.15, 0.2) is 67.1 Å². The second-order valence-corrected chi connectivity index (χ2v) is 29.5. The summed E-state index contributed by atoms with van der Waals surface area (Å²) in [6, 6.07) is -7.47. The Bertz CT molecular complexity index is 3970. The Kier molecular flexibility index (Phi) is 37.0. The number of carboxylic acid groups (broad SMARTS) is 3. The molecule has 14 atom stereocenters. The van der Waals surface area contributed by atoms with Gasteiger partial charge in [0.2, 0.25) is 65.0 Å². The summed E-state index contributed by atoms with van der Waals surface area (Å²) >= 11 is 2.56. The van der Waals surface area contributed by atoms with Crippen LogP contribution in [0.5, 0.6) is 5.75 Å². The number of imidazole rings is 1. The van der Waals surface area contributed by atoms with Gasteiger partial charge in [-0.2, -0.15) is 0 Å². The molecule has 15 amide bonds. The fourth-order valence-electron chi connectivity index (χ4n) is 12.4. The zero-order chi connectivity index (χ0) is 85.7. The Morgan fingerprint density at radius 1 is 0.513 bits per heavy atom. The van der Waals surface area contributed by atoms with E-state index in [1.807, 2.05) is 0 Å². The molecule has 2 aromatic carbocycles. The smallest absolute Gasteiger partial charge is 0.326 e. The number of carboxylic acids is 3. The molecule has 115 heavy (non-hydrogen) atoms. The molecule has 22 N–H and O–H groups in total. The summed E-state index contributed by atoms with van der Waals surface area (Å²) < 4.78 is 0. The molecule has 0 unspecified atom stereocenters. The maximum atomic E-state index is 14.9. The van der Waals surface area contributed by atoms with Crippen molar-refractivity contribution in [3.05, 3.63) is 83.9 Å². The van der Waals surface area contributed by atoms with Gasteiger partial charge in [0.05, 0.1) is 25.0 Å². The van der Waals surface area contributed by atoms with Crippen molar-refractivity contribution >= 4 is 123 Å². The number of carbonyl (C=O) groups excluding carboxylic acids is 15. The van der Waals surface area contributed by atoms with E-state index in [-0.39, 0.29) is 74.8 Å². The summed E-state index contributed by atoms with van der Waals surface area (Å²) in [6.07, 6.45) is -0.523. The summed E-state index contributed by atoms with van der Waals surface area (Å²) in [5.74, 6) is -21.2. The van der Waals surface area contributed by atoms with E-state index in [1.54, 1.807) is 58.0 Å². The van der Waals surface area contributed by atoms with E-state index in [1.165, 1.54) is 55.5 Å². The number of amides is 15. The third-order valence-electron chi connectivity index (χ3n) is 18.7. The first-order valence-electron chi connectivity index (χ1n) is 37.1. The largest absolute Gasteiger partial charge is 0.480 e. The first-order chi connectivity index (χ1) is 54.2. The van der Waals surface area contributed by atoms with Gasteiger partial charge >= 0.3 is 153 Å². The molecule has 0 aliphatic carbocycles. The van der Waals surface area contributed by atoms with Crippen molar-refractivity contribution in [2.45, 2.75) is 209 Å². The second-order valence-electron chi connectivity index (χ2n) is 28.8. The van der Waals surface area contributed by atoms with Crippen LogP contribution in [-0.2, 0) is 106 Å². The number of hydrogen-bond donors (Lipinski definition) is 20. The van der Waals surface area contributed by atoms with Crippen molar-refractivity contribution in [3.8, 4) is 5.75 Å². The number of phenols is 1. The van der Waals surface area contributed by atoms with Crippen LogP contribution >= 0.6 is 0 Å². The van der Waals surface area contributed by atoms with E-state index in [0.717, 1.165) is 11.8 Å². The van der Waals surface area contributed by atoms with Crippen LogP contribution in [0.3, 0.4) is 0 Å². The van der Waals surface area contributed by atoms with E-state index in [0.29, 0.717) is 11.1 Å². The van der Waals surface area contributed by atoms with Crippen molar-refractivity contribution < 1.29 is 112 Å². The summed E-state index contributed by atoms with van der Waals surface area (Å²) in [5.41, 5.74) is 12.3. The molecular formula is C73H103N18O23Se. The van der Waals surface area contributed by atoms with Crippen molar-refractivity contribution in [2.75, 3.05) is 26.2 Å². The molecule has 1 aromatic heterocycles. The van der Waals surface area contributed by atoms with Gasteiger partial charge in [0.1, 0.15) is 72.2 Å². The van der Waals surface area contributed by atoms with Crippen LogP contribution in [0.1, 0.15) is 117 Å². The SMILES string of the molecule is CC(C)[C@H](NC(=O)[C@H](CO)NC(=O)[C@H](C)NC(=O)[C@H](CC(=O)O)NC(=O)[C@H](Cc1ccccc1)NC(=O)[C@H](Cc1c[nH]cn1)NC(=O)[C@@H](NC(=O)[C@@H]1CCCN1C(=O)[C@@H](NC(=O)[C@H](Cc1ccc(O)cc1)NC(=O)[C@@H]1CCCN1C(=O)[C@H](CC(N)=O)NC(=O)CNC(=O)[C@H](CCC(=O)O)NC(=O)[C@@H](N)C[Se])C(C)C)C(C)C)C(=O)O. The number of aromatic nitrogens is 2. The molecule has 3 aromatic rings. The number of rotatable bonds is 45. The standard InChI is InChI=1S/C73H103N18O23Se/c1-35(2)57(70(110)85-47(27-41-30-76-34-78-41)65(105)82-45(25-39-13-9-8-10-14-39)64(104)83-48(29-56(98)99)63(103)79-38(7)60(100)86-50(32-92)67(107)89-59(37(5)6)73(113)114)87-69(109)52-16-12-24-91(52)72(112)58(36(3)4)88-66(106)46(26-40-17-19-42(93)20-18-40)84-68(108)51-15-11-23-90(51)71(111)49(28-53(75)94)80-54(95)31-77-62(102)44(21-22-55(96)97)81-61(101)43(74)33-115/h8-10,13-14,17-20,30,34-38,43-52,57-59,92-93H,11-12,15-16,21-29,31-33,74H2,1-7H3,(H2,75,94)(H,76,78)(H,77,102)(H,79,103)(H,80,95)(H,81,101)(H,82,105)(H,83,104)(H,84,108)(H,85,110)(H,86,100)(H,87,109)(H,88,106)(H,89,107)(H,96,97)(H,98,99)(H,113,114)/t38-,43-,44-,45-,46-,47-,48-,49-,50-,51-,52-,57-,58-,59-/m0/s1. The molecule has 0 saturated carbocycles. The van der Waals surface area contributed by atoms with Gasteiger partial charge in [-0.1, -0.05) is 84.0 Å². The van der Waals surface area contributed by atoms with Crippen molar-refractivity contribution in [2.24, 2.45) is 29.2 Å². The first-order valence-corrected chi connectivity index (χ1v) is 38.4. The van der Waals surface area contributed by atoms with Gasteiger partial charge in [-0.15, -0.1) is 0 Å². The minimum Gasteiger partial charge on any atom is -0.480 e. The van der Waals surface area contributed by atoms with Crippen LogP contribution < -0.4 is 75.3 Å². The maximum absolute atomic E-state index is 14.9. The topological polar surface area (TPSA) is 640 Å². The Morgan fingerprint density at radius 2 is 1.01 bits per heavy atom. The molecule has 0 bridgehead atoms. The molecule has 3 heterocycles. The number of likely N-dealkylation sites (tertiary alicyclic amines) is 2. The predicted octanol–water partition coefficient (Wildman–Crippen LogP) is -6.23. The Morgan fingerprint density at radius 3 is 1.54 bits per heavy atom. The predicted molar refractivity (Wildman–Crippen MR) is 404 cm³/mol. The number of hydrogen-bond acceptors (Lipinski definition) is 22. The van der Waals surface area contributed by atoms with Gasteiger partial charge in [0.15, 0.2) is 0 Å². The first kappa shape index (κ1) is 93.9. The van der Waals surface area contributed by atoms with Gasteiger partial charge in [-0.3, -0.25) is 62.3 Å². The summed E-state index contributed by atoms with van der Waals surface area (Å²) in [6.45, 7) is 8.52. The molecule has 42 heteroatoms. The van der Waals surface area contributed by atoms with Crippen molar-refractivity contribution in [1.82, 2.24) is 83.6 Å². The van der Waals surface area contributed by atoms with Crippen LogP contribution in [0.25, 0.3) is 0 Å². The average Bonchev–Trinajstić information content (AvgIpc) is 1.74. The Balaban J connectivity index is 1.33. The van der Waals surface area contributed by atoms with E-state index in [9.17, 15) is 112 Å². The van der Waals surface area contributed by atoms with Crippen LogP contribution in [0.2, 0.25) is 5.32 Å². The fraction of sp³-hybridized carbons (Fsp3) is 0.548. The van der Waals surface area contributed by atoms with Gasteiger partial charge in [0.25, 0.3) is 0 Å². The number of aliphatic carboxylic acids is 3. The Hall–Kier alpha value is -11.7.